The standard InChI is InChI=1S/C35H46N6O13/c1-21-13-27(50-8)36-41(21)15-25-11-9-24(10-12-25)14-26-35(49)54-23(3)34(48)39(6)16-30(44)51-19-28(42)37(4)18-32(46)53-22(2)33(47)38(5)17-31(45)52-20-29(43)40(26)7/h9-13,22-23,26H,14-20H2,1-8H3. The number of methoxy groups -OCH3 is 1. The normalized spacial score (nSPS) is 21.3. The molecule has 2 heterocycles. The zero-order valence-electron chi connectivity index (χ0n) is 31.6. The largest absolute Gasteiger partial charge is 0.480 e. The minimum Gasteiger partial charge on any atom is -0.480 e. The lowest BCUT2D eigenvalue weighted by atomic mass is 10.0. The number of ether oxygens (including phenoxy) is 5. The van der Waals surface area contributed by atoms with Crippen molar-refractivity contribution in [2.75, 3.05) is 68.1 Å². The lowest BCUT2D eigenvalue weighted by Crippen LogP contribution is -2.49. The molecule has 19 nitrogen and oxygen atoms in total. The predicted octanol–water partition coefficient (Wildman–Crippen LogP) is -1.04. The van der Waals surface area contributed by atoms with Gasteiger partial charge in [-0.3, -0.25) is 38.2 Å². The third kappa shape index (κ3) is 12.0. The van der Waals surface area contributed by atoms with E-state index in [0.717, 1.165) is 30.9 Å². The maximum absolute atomic E-state index is 13.6. The summed E-state index contributed by atoms with van der Waals surface area (Å²) >= 11 is 0. The van der Waals surface area contributed by atoms with Gasteiger partial charge in [-0.15, -0.1) is 5.10 Å². The number of rotatable bonds is 5. The summed E-state index contributed by atoms with van der Waals surface area (Å²) in [5.41, 5.74) is 2.38. The van der Waals surface area contributed by atoms with Gasteiger partial charge in [-0.05, 0) is 31.9 Å². The van der Waals surface area contributed by atoms with E-state index >= 15 is 0 Å². The molecule has 3 unspecified atom stereocenters. The molecule has 1 aliphatic rings. The van der Waals surface area contributed by atoms with Crippen LogP contribution >= 0.6 is 0 Å². The van der Waals surface area contributed by atoms with Crippen LogP contribution in [0.1, 0.15) is 30.7 Å². The van der Waals surface area contributed by atoms with E-state index in [1.54, 1.807) is 22.9 Å². The van der Waals surface area contributed by atoms with Crippen LogP contribution in [0.4, 0.5) is 0 Å². The van der Waals surface area contributed by atoms with Gasteiger partial charge >= 0.3 is 23.9 Å². The van der Waals surface area contributed by atoms with Gasteiger partial charge in [-0.1, -0.05) is 24.3 Å². The molecule has 0 radical (unpaired) electrons. The van der Waals surface area contributed by atoms with Gasteiger partial charge in [-0.25, -0.2) is 4.79 Å². The fourth-order valence-corrected chi connectivity index (χ4v) is 5.09. The summed E-state index contributed by atoms with van der Waals surface area (Å²) < 4.78 is 27.6. The number of likely N-dealkylation sites (N-methyl/N-ethyl adjacent to an activating group) is 4. The van der Waals surface area contributed by atoms with Crippen LogP contribution in [0.2, 0.25) is 0 Å². The van der Waals surface area contributed by atoms with E-state index in [4.69, 9.17) is 23.7 Å². The van der Waals surface area contributed by atoms with Gasteiger partial charge in [-0.2, -0.15) is 0 Å². The van der Waals surface area contributed by atoms with Gasteiger partial charge in [0.15, 0.2) is 25.4 Å². The van der Waals surface area contributed by atoms with Gasteiger partial charge in [0.25, 0.3) is 23.6 Å². The molecular weight excluding hydrogens is 712 g/mol. The quantitative estimate of drug-likeness (QED) is 0.263. The van der Waals surface area contributed by atoms with Gasteiger partial charge in [0.05, 0.1) is 13.7 Å². The number of cyclic esters (lactones) is 4. The summed E-state index contributed by atoms with van der Waals surface area (Å²) in [5, 5.41) is 4.37. The smallest absolute Gasteiger partial charge is 0.329 e. The molecule has 294 valence electrons. The lowest BCUT2D eigenvalue weighted by Gasteiger charge is -2.29. The van der Waals surface area contributed by atoms with Crippen LogP contribution < -0.4 is 4.74 Å². The van der Waals surface area contributed by atoms with Crippen molar-refractivity contribution in [1.82, 2.24) is 29.4 Å². The number of amides is 4. The summed E-state index contributed by atoms with van der Waals surface area (Å²) in [5.74, 6) is -6.52. The molecule has 3 atom stereocenters. The minimum atomic E-state index is -1.42. The summed E-state index contributed by atoms with van der Waals surface area (Å²) in [6.07, 6.45) is -2.84. The van der Waals surface area contributed by atoms with Gasteiger partial charge in [0.2, 0.25) is 5.88 Å². The maximum Gasteiger partial charge on any atom is 0.329 e. The first-order chi connectivity index (χ1) is 25.4. The summed E-state index contributed by atoms with van der Waals surface area (Å²) in [7, 11) is 6.57. The second-order valence-corrected chi connectivity index (χ2v) is 12.7. The van der Waals surface area contributed by atoms with Gasteiger partial charge < -0.3 is 43.3 Å². The number of nitrogens with zero attached hydrogens (tertiary/aromatic N) is 6. The summed E-state index contributed by atoms with van der Waals surface area (Å²) in [6, 6.07) is 7.64. The minimum absolute atomic E-state index is 0.0662. The van der Waals surface area contributed by atoms with Crippen molar-refractivity contribution in [2.45, 2.75) is 52.0 Å². The highest BCUT2D eigenvalue weighted by Crippen LogP contribution is 2.16. The molecule has 1 aromatic carbocycles. The Morgan fingerprint density at radius 3 is 1.74 bits per heavy atom. The highest BCUT2D eigenvalue weighted by Gasteiger charge is 2.33. The molecule has 2 aromatic rings. The molecule has 1 fully saturated rings. The van der Waals surface area contributed by atoms with Crippen molar-refractivity contribution in [2.24, 2.45) is 0 Å². The second kappa shape index (κ2) is 19.2. The Kier molecular flexibility index (Phi) is 15.1. The van der Waals surface area contributed by atoms with Gasteiger partial charge in [0.1, 0.15) is 25.7 Å². The molecule has 0 spiro atoms. The number of hydrogen-bond acceptors (Lipinski definition) is 14. The van der Waals surface area contributed by atoms with Crippen LogP contribution in [-0.2, 0) is 70.3 Å². The summed E-state index contributed by atoms with van der Waals surface area (Å²) in [4.78, 5) is 106. The fourth-order valence-electron chi connectivity index (χ4n) is 5.09. The number of hydrogen-bond donors (Lipinski definition) is 0. The van der Waals surface area contributed by atoms with E-state index in [-0.39, 0.29) is 6.42 Å². The third-order valence-electron chi connectivity index (χ3n) is 8.37. The van der Waals surface area contributed by atoms with Crippen molar-refractivity contribution in [3.8, 4) is 5.88 Å². The first kappa shape index (κ1) is 42.4. The molecule has 1 aromatic heterocycles. The van der Waals surface area contributed by atoms with Crippen LogP contribution in [0.15, 0.2) is 30.3 Å². The first-order valence-corrected chi connectivity index (χ1v) is 16.8. The SMILES string of the molecule is COc1cc(C)n(Cc2ccc(CC3C(=O)OC(C)C(=O)N(C)CC(=O)OCC(=O)N(C)CC(=O)OC(C)C(=O)N(C)CC(=O)OCC(=O)N3C)cc2)n1. The topological polar surface area (TPSA) is 213 Å². The Balaban J connectivity index is 1.83. The Labute approximate surface area is 311 Å². The number of benzene rings is 1. The number of carbonyl (C=O) groups is 8. The molecule has 1 aliphatic heterocycles. The third-order valence-corrected chi connectivity index (χ3v) is 8.37. The lowest BCUT2D eigenvalue weighted by molar-refractivity contribution is -0.167. The van der Waals surface area contributed by atoms with Crippen molar-refractivity contribution in [1.29, 1.82) is 0 Å². The monoisotopic (exact) mass is 758 g/mol. The Bertz CT molecular complexity index is 1730. The molecule has 54 heavy (non-hydrogen) atoms. The molecule has 4 amide bonds. The Morgan fingerprint density at radius 2 is 1.20 bits per heavy atom. The number of esters is 4. The van der Waals surface area contributed by atoms with Crippen molar-refractivity contribution < 1.29 is 62.0 Å². The van der Waals surface area contributed by atoms with E-state index < -0.39 is 98.6 Å². The highest BCUT2D eigenvalue weighted by atomic mass is 16.6. The second-order valence-electron chi connectivity index (χ2n) is 12.7. The summed E-state index contributed by atoms with van der Waals surface area (Å²) in [6.45, 7) is 1.47. The molecule has 1 saturated heterocycles. The van der Waals surface area contributed by atoms with Crippen LogP contribution in [0.25, 0.3) is 0 Å². The van der Waals surface area contributed by atoms with Crippen LogP contribution in [-0.4, -0.2) is 163 Å². The number of aromatic nitrogens is 2. The fraction of sp³-hybridized carbons (Fsp3) is 0.514. The molecule has 0 aliphatic carbocycles. The number of carbonyl (C=O) groups excluding carboxylic acids is 8. The van der Waals surface area contributed by atoms with E-state index in [2.05, 4.69) is 5.10 Å². The Hall–Kier alpha value is -6.01. The zero-order chi connectivity index (χ0) is 40.3. The predicted molar refractivity (Wildman–Crippen MR) is 185 cm³/mol. The molecule has 0 N–H and O–H groups in total. The molecule has 19 heteroatoms. The zero-order valence-corrected chi connectivity index (χ0v) is 31.6. The van der Waals surface area contributed by atoms with E-state index in [9.17, 15) is 38.4 Å². The van der Waals surface area contributed by atoms with E-state index in [0.29, 0.717) is 18.0 Å². The maximum atomic E-state index is 13.6. The van der Waals surface area contributed by atoms with Crippen molar-refractivity contribution in [3.05, 3.63) is 47.2 Å². The van der Waals surface area contributed by atoms with Crippen molar-refractivity contribution >= 4 is 47.5 Å². The highest BCUT2D eigenvalue weighted by molar-refractivity contribution is 5.91. The first-order valence-electron chi connectivity index (χ1n) is 16.8. The molecule has 0 saturated carbocycles. The van der Waals surface area contributed by atoms with Crippen LogP contribution in [0, 0.1) is 6.92 Å². The average molecular weight is 759 g/mol. The average Bonchev–Trinajstić information content (AvgIpc) is 3.49. The van der Waals surface area contributed by atoms with Gasteiger partial charge in [0, 0.05) is 46.4 Å². The van der Waals surface area contributed by atoms with Crippen molar-refractivity contribution in [3.63, 3.8) is 0 Å². The molecule has 3 rings (SSSR count). The Morgan fingerprint density at radius 1 is 0.704 bits per heavy atom. The molecular formula is C35H46N6O13. The van der Waals surface area contributed by atoms with E-state index in [1.165, 1.54) is 49.1 Å². The van der Waals surface area contributed by atoms with Crippen LogP contribution in [0.5, 0.6) is 5.88 Å². The van der Waals surface area contributed by atoms with Crippen LogP contribution in [0.3, 0.4) is 0 Å². The molecule has 0 bridgehead atoms. The number of aryl methyl sites for hydroxylation is 1. The van der Waals surface area contributed by atoms with E-state index in [1.807, 2.05) is 19.1 Å².